The van der Waals surface area contributed by atoms with Crippen molar-refractivity contribution in [2.24, 2.45) is 0 Å². The maximum Gasteiger partial charge on any atom is 0.323 e. The van der Waals surface area contributed by atoms with E-state index in [1.54, 1.807) is 0 Å². The van der Waals surface area contributed by atoms with Crippen LogP contribution in [0, 0.1) is 0 Å². The summed E-state index contributed by atoms with van der Waals surface area (Å²) in [6.45, 7) is 5.71. The Hall–Kier alpha value is -1.83. The van der Waals surface area contributed by atoms with Gasteiger partial charge in [-0.2, -0.15) is 0 Å². The number of carbonyl (C=O) groups excluding carboxylic acids is 1. The fraction of sp³-hybridized carbons (Fsp3) is 0.769. The van der Waals surface area contributed by atoms with Gasteiger partial charge in [-0.1, -0.05) is 13.8 Å². The van der Waals surface area contributed by atoms with E-state index in [1.807, 2.05) is 0 Å². The molecule has 0 saturated carbocycles. The second-order valence-electron chi connectivity index (χ2n) is 5.04. The highest BCUT2D eigenvalue weighted by Crippen LogP contribution is 2.17. The zero-order chi connectivity index (χ0) is 16.0. The van der Waals surface area contributed by atoms with Gasteiger partial charge in [0.1, 0.15) is 13.1 Å². The number of hydrogen-bond acceptors (Lipinski definition) is 4. The molecule has 8 nitrogen and oxygen atoms in total. The van der Waals surface area contributed by atoms with E-state index in [0.717, 1.165) is 24.4 Å². The first-order chi connectivity index (χ1) is 9.88. The average Bonchev–Trinajstić information content (AvgIpc) is 2.87. The van der Waals surface area contributed by atoms with Gasteiger partial charge in [0.15, 0.2) is 0 Å². The van der Waals surface area contributed by atoms with E-state index in [9.17, 15) is 14.4 Å². The van der Waals surface area contributed by atoms with Gasteiger partial charge in [-0.05, 0) is 19.5 Å². The van der Waals surface area contributed by atoms with Crippen LogP contribution in [0.15, 0.2) is 0 Å². The number of amides is 2. The predicted octanol–water partition coefficient (Wildman–Crippen LogP) is -0.00630. The van der Waals surface area contributed by atoms with Crippen molar-refractivity contribution in [1.29, 1.82) is 0 Å². The van der Waals surface area contributed by atoms with Crippen LogP contribution in [0.25, 0.3) is 0 Å². The second kappa shape index (κ2) is 7.82. The van der Waals surface area contributed by atoms with Crippen LogP contribution in [-0.2, 0) is 9.59 Å². The molecule has 1 saturated heterocycles. The van der Waals surface area contributed by atoms with Gasteiger partial charge in [-0.25, -0.2) is 4.79 Å². The Kier molecular flexibility index (Phi) is 6.41. The summed E-state index contributed by atoms with van der Waals surface area (Å²) in [5, 5.41) is 17.6. The highest BCUT2D eigenvalue weighted by atomic mass is 16.4. The minimum atomic E-state index is -1.22. The number of carboxylic acid groups (broad SMARTS) is 2. The third-order valence-corrected chi connectivity index (χ3v) is 3.69. The summed E-state index contributed by atoms with van der Waals surface area (Å²) < 4.78 is 0. The molecule has 8 heteroatoms. The van der Waals surface area contributed by atoms with E-state index in [1.165, 1.54) is 4.90 Å². The number of likely N-dealkylation sites (tertiary alicyclic amines) is 1. The molecule has 1 rings (SSSR count). The number of carbonyl (C=O) groups is 3. The van der Waals surface area contributed by atoms with Gasteiger partial charge >= 0.3 is 18.0 Å². The van der Waals surface area contributed by atoms with Gasteiger partial charge in [0.2, 0.25) is 0 Å². The lowest BCUT2D eigenvalue weighted by molar-refractivity contribution is -0.140. The zero-order valence-electron chi connectivity index (χ0n) is 12.5. The molecule has 1 fully saturated rings. The highest BCUT2D eigenvalue weighted by Gasteiger charge is 2.32. The smallest absolute Gasteiger partial charge is 0.323 e. The molecule has 0 aromatic rings. The third kappa shape index (κ3) is 4.89. The Morgan fingerprint density at radius 1 is 1.10 bits per heavy atom. The van der Waals surface area contributed by atoms with Crippen LogP contribution in [0.4, 0.5) is 4.79 Å². The maximum absolute atomic E-state index is 12.3. The molecule has 0 aromatic heterocycles. The minimum absolute atomic E-state index is 0.250. The van der Waals surface area contributed by atoms with Crippen LogP contribution in [0.5, 0.6) is 0 Å². The number of urea groups is 1. The monoisotopic (exact) mass is 301 g/mol. The quantitative estimate of drug-likeness (QED) is 0.686. The Labute approximate surface area is 123 Å². The average molecular weight is 301 g/mol. The molecule has 0 aromatic carbocycles. The largest absolute Gasteiger partial charge is 0.480 e. The van der Waals surface area contributed by atoms with E-state index in [0.29, 0.717) is 13.1 Å². The maximum atomic E-state index is 12.3. The number of rotatable bonds is 7. The van der Waals surface area contributed by atoms with E-state index in [-0.39, 0.29) is 6.04 Å². The molecule has 0 aliphatic carbocycles. The molecule has 21 heavy (non-hydrogen) atoms. The van der Waals surface area contributed by atoms with Crippen LogP contribution >= 0.6 is 0 Å². The van der Waals surface area contributed by atoms with Crippen molar-refractivity contribution >= 4 is 18.0 Å². The lowest BCUT2D eigenvalue weighted by atomic mass is 10.2. The predicted molar refractivity (Wildman–Crippen MR) is 75.1 cm³/mol. The Balaban J connectivity index is 2.67. The summed E-state index contributed by atoms with van der Waals surface area (Å²) in [5.41, 5.74) is 0. The van der Waals surface area contributed by atoms with Gasteiger partial charge in [0.25, 0.3) is 0 Å². The van der Waals surface area contributed by atoms with E-state index in [4.69, 9.17) is 10.2 Å². The molecule has 0 bridgehead atoms. The van der Waals surface area contributed by atoms with Crippen LogP contribution in [0.2, 0.25) is 0 Å². The van der Waals surface area contributed by atoms with Crippen molar-refractivity contribution in [1.82, 2.24) is 14.7 Å². The summed E-state index contributed by atoms with van der Waals surface area (Å²) in [4.78, 5) is 38.4. The highest BCUT2D eigenvalue weighted by molar-refractivity contribution is 5.84. The number of carboxylic acids is 2. The first-order valence-electron chi connectivity index (χ1n) is 7.10. The van der Waals surface area contributed by atoms with E-state index < -0.39 is 31.1 Å². The number of likely N-dealkylation sites (N-methyl/N-ethyl adjacent to an activating group) is 1. The van der Waals surface area contributed by atoms with Crippen LogP contribution in [0.3, 0.4) is 0 Å². The van der Waals surface area contributed by atoms with Crippen LogP contribution in [-0.4, -0.2) is 88.2 Å². The summed E-state index contributed by atoms with van der Waals surface area (Å²) >= 11 is 0. The summed E-state index contributed by atoms with van der Waals surface area (Å²) in [5.74, 6) is -2.44. The molecule has 1 unspecified atom stereocenters. The Morgan fingerprint density at radius 2 is 1.62 bits per heavy atom. The van der Waals surface area contributed by atoms with E-state index >= 15 is 0 Å². The normalized spacial score (nSPS) is 18.0. The van der Waals surface area contributed by atoms with Gasteiger partial charge in [0.05, 0.1) is 0 Å². The van der Waals surface area contributed by atoms with Gasteiger partial charge < -0.3 is 20.0 Å². The van der Waals surface area contributed by atoms with Crippen LogP contribution < -0.4 is 0 Å². The van der Waals surface area contributed by atoms with Gasteiger partial charge in [-0.3, -0.25) is 14.5 Å². The van der Waals surface area contributed by atoms with Crippen molar-refractivity contribution in [3.8, 4) is 0 Å². The molecule has 1 heterocycles. The van der Waals surface area contributed by atoms with Crippen molar-refractivity contribution in [2.75, 3.05) is 39.3 Å². The lowest BCUT2D eigenvalue weighted by Gasteiger charge is -2.28. The molecule has 1 atom stereocenters. The summed E-state index contributed by atoms with van der Waals surface area (Å²) in [7, 11) is 0. The molecule has 2 N–H and O–H groups in total. The molecule has 2 amide bonds. The van der Waals surface area contributed by atoms with Crippen molar-refractivity contribution in [2.45, 2.75) is 26.3 Å². The SMILES string of the molecule is CCN(CC)C1CCN(C(=O)N(CC(=O)O)CC(=O)O)C1. The molecule has 1 aliphatic heterocycles. The summed E-state index contributed by atoms with van der Waals surface area (Å²) in [6, 6.07) is -0.269. The van der Waals surface area contributed by atoms with Crippen LogP contribution in [0.1, 0.15) is 20.3 Å². The van der Waals surface area contributed by atoms with Gasteiger partial charge in [-0.15, -0.1) is 0 Å². The first kappa shape index (κ1) is 17.2. The first-order valence-corrected chi connectivity index (χ1v) is 7.10. The molecule has 120 valence electrons. The number of aliphatic carboxylic acids is 2. The minimum Gasteiger partial charge on any atom is -0.480 e. The standard InChI is InChI=1S/C13H23N3O5/c1-3-14(4-2)10-5-6-15(7-10)13(21)16(8-11(17)18)9-12(19)20/h10H,3-9H2,1-2H3,(H,17,18)(H,19,20). The van der Waals surface area contributed by atoms with E-state index in [2.05, 4.69) is 18.7 Å². The molecule has 0 radical (unpaired) electrons. The Bertz CT molecular complexity index is 381. The van der Waals surface area contributed by atoms with Crippen molar-refractivity contribution < 1.29 is 24.6 Å². The molecule has 0 spiro atoms. The number of hydrogen-bond donors (Lipinski definition) is 2. The summed E-state index contributed by atoms with van der Waals surface area (Å²) in [6.07, 6.45) is 0.821. The number of nitrogens with zero attached hydrogens (tertiary/aromatic N) is 3. The molecular formula is C13H23N3O5. The zero-order valence-corrected chi connectivity index (χ0v) is 12.5. The van der Waals surface area contributed by atoms with Crippen molar-refractivity contribution in [3.63, 3.8) is 0 Å². The fourth-order valence-electron chi connectivity index (χ4n) is 2.67. The van der Waals surface area contributed by atoms with Crippen molar-refractivity contribution in [3.05, 3.63) is 0 Å². The second-order valence-corrected chi connectivity index (χ2v) is 5.04. The van der Waals surface area contributed by atoms with Gasteiger partial charge in [0, 0.05) is 19.1 Å². The molecule has 1 aliphatic rings. The Morgan fingerprint density at radius 3 is 2.05 bits per heavy atom. The lowest BCUT2D eigenvalue weighted by Crippen LogP contribution is -2.47. The fourth-order valence-corrected chi connectivity index (χ4v) is 2.67. The third-order valence-electron chi connectivity index (χ3n) is 3.69. The topological polar surface area (TPSA) is 101 Å². The molecular weight excluding hydrogens is 278 g/mol.